The molecule has 0 saturated heterocycles. The second kappa shape index (κ2) is 9.59. The molecule has 7 nitrogen and oxygen atoms in total. The van der Waals surface area contributed by atoms with Crippen LogP contribution in [0.1, 0.15) is 42.6 Å². The van der Waals surface area contributed by atoms with Gasteiger partial charge in [0.15, 0.2) is 11.1 Å². The monoisotopic (exact) mass is 463 g/mol. The molecule has 1 aliphatic carbocycles. The van der Waals surface area contributed by atoms with Crippen molar-refractivity contribution in [2.24, 2.45) is 0 Å². The van der Waals surface area contributed by atoms with Crippen molar-refractivity contribution in [3.8, 4) is 0 Å². The molecule has 1 unspecified atom stereocenters. The first-order valence-electron chi connectivity index (χ1n) is 10.1. The Kier molecular flexibility index (Phi) is 7.29. The molecular formula is C22H26NO6PS. The third-order valence-corrected chi connectivity index (χ3v) is 8.83. The SMILES string of the molecule is CCCOP(=O)(OCCC)C1(NS(=O)(=O)c2ccccc2)C=CC(=O)c2ccccc21. The Bertz CT molecular complexity index is 1100. The van der Waals surface area contributed by atoms with Crippen LogP contribution in [0.2, 0.25) is 0 Å². The van der Waals surface area contributed by atoms with E-state index in [2.05, 4.69) is 4.72 Å². The van der Waals surface area contributed by atoms with Crippen LogP contribution < -0.4 is 4.72 Å². The second-order valence-electron chi connectivity index (χ2n) is 7.09. The maximum absolute atomic E-state index is 14.3. The molecule has 1 atom stereocenters. The second-order valence-corrected chi connectivity index (χ2v) is 11.0. The first-order chi connectivity index (χ1) is 14.8. The van der Waals surface area contributed by atoms with Crippen LogP contribution in [0.25, 0.3) is 0 Å². The Morgan fingerprint density at radius 1 is 0.935 bits per heavy atom. The molecule has 1 aliphatic rings. The Labute approximate surface area is 183 Å². The summed E-state index contributed by atoms with van der Waals surface area (Å²) in [5.74, 6) is -0.317. The van der Waals surface area contributed by atoms with Gasteiger partial charge in [0, 0.05) is 11.1 Å². The third-order valence-electron chi connectivity index (χ3n) is 4.79. The smallest absolute Gasteiger partial charge is 0.307 e. The van der Waals surface area contributed by atoms with Crippen LogP contribution >= 0.6 is 7.60 Å². The van der Waals surface area contributed by atoms with E-state index in [0.717, 1.165) is 0 Å². The van der Waals surface area contributed by atoms with Gasteiger partial charge in [-0.3, -0.25) is 9.36 Å². The van der Waals surface area contributed by atoms with Gasteiger partial charge < -0.3 is 9.05 Å². The largest absolute Gasteiger partial charge is 0.360 e. The number of benzene rings is 2. The minimum atomic E-state index is -4.16. The van der Waals surface area contributed by atoms with Crippen LogP contribution in [0.5, 0.6) is 0 Å². The molecule has 0 heterocycles. The number of allylic oxidation sites excluding steroid dienone is 1. The van der Waals surface area contributed by atoms with Crippen molar-refractivity contribution in [1.29, 1.82) is 0 Å². The molecule has 3 rings (SSSR count). The minimum Gasteiger partial charge on any atom is -0.307 e. The summed E-state index contributed by atoms with van der Waals surface area (Å²) in [4.78, 5) is 12.5. The highest BCUT2D eigenvalue weighted by molar-refractivity contribution is 7.90. The predicted octanol–water partition coefficient (Wildman–Crippen LogP) is 4.62. The van der Waals surface area contributed by atoms with Gasteiger partial charge in [0.2, 0.25) is 10.0 Å². The molecule has 9 heteroatoms. The van der Waals surface area contributed by atoms with Gasteiger partial charge in [0.25, 0.3) is 0 Å². The van der Waals surface area contributed by atoms with E-state index >= 15 is 0 Å². The topological polar surface area (TPSA) is 98.8 Å². The first kappa shape index (κ1) is 23.6. The van der Waals surface area contributed by atoms with Crippen molar-refractivity contribution in [2.75, 3.05) is 13.2 Å². The molecule has 31 heavy (non-hydrogen) atoms. The Morgan fingerprint density at radius 2 is 1.52 bits per heavy atom. The number of nitrogens with one attached hydrogen (secondary N) is 1. The number of rotatable bonds is 10. The Morgan fingerprint density at radius 3 is 2.13 bits per heavy atom. The van der Waals surface area contributed by atoms with Crippen LogP contribution in [0, 0.1) is 0 Å². The van der Waals surface area contributed by atoms with Gasteiger partial charge in [0.05, 0.1) is 18.1 Å². The Hall–Kier alpha value is -2.09. The highest BCUT2D eigenvalue weighted by Gasteiger charge is 2.56. The van der Waals surface area contributed by atoms with Crippen molar-refractivity contribution in [1.82, 2.24) is 4.72 Å². The number of sulfonamides is 1. The van der Waals surface area contributed by atoms with Gasteiger partial charge in [0.1, 0.15) is 0 Å². The highest BCUT2D eigenvalue weighted by atomic mass is 32.2. The molecule has 1 N–H and O–H groups in total. The van der Waals surface area contributed by atoms with Gasteiger partial charge in [-0.25, -0.2) is 8.42 Å². The van der Waals surface area contributed by atoms with Crippen molar-refractivity contribution in [3.63, 3.8) is 0 Å². The van der Waals surface area contributed by atoms with Crippen LogP contribution in [-0.4, -0.2) is 27.4 Å². The van der Waals surface area contributed by atoms with Crippen molar-refractivity contribution < 1.29 is 26.8 Å². The molecule has 0 amide bonds. The zero-order chi connectivity index (χ0) is 22.5. The van der Waals surface area contributed by atoms with Gasteiger partial charge in [-0.1, -0.05) is 56.3 Å². The molecular weight excluding hydrogens is 437 g/mol. The molecule has 0 fully saturated rings. The number of hydrogen-bond acceptors (Lipinski definition) is 6. The van der Waals surface area contributed by atoms with E-state index in [4.69, 9.17) is 9.05 Å². The van der Waals surface area contributed by atoms with E-state index in [-0.39, 0.29) is 35.0 Å². The molecule has 0 bridgehead atoms. The van der Waals surface area contributed by atoms with Gasteiger partial charge in [-0.2, -0.15) is 4.72 Å². The summed E-state index contributed by atoms with van der Waals surface area (Å²) >= 11 is 0. The third kappa shape index (κ3) is 4.59. The highest BCUT2D eigenvalue weighted by Crippen LogP contribution is 2.66. The zero-order valence-corrected chi connectivity index (χ0v) is 19.2. The summed E-state index contributed by atoms with van der Waals surface area (Å²) < 4.78 is 55.0. The van der Waals surface area contributed by atoms with Gasteiger partial charge >= 0.3 is 7.60 Å². The lowest BCUT2D eigenvalue weighted by molar-refractivity contribution is 0.104. The molecule has 0 spiro atoms. The van der Waals surface area contributed by atoms with Crippen LogP contribution in [-0.2, 0) is 28.9 Å². The number of hydrogen-bond donors (Lipinski definition) is 1. The molecule has 0 saturated carbocycles. The van der Waals surface area contributed by atoms with Crippen molar-refractivity contribution in [2.45, 2.75) is 36.9 Å². The summed E-state index contributed by atoms with van der Waals surface area (Å²) in [6.07, 6.45) is 3.61. The maximum atomic E-state index is 14.3. The van der Waals surface area contributed by atoms with Crippen molar-refractivity contribution in [3.05, 3.63) is 77.9 Å². The molecule has 2 aromatic carbocycles. The summed E-state index contributed by atoms with van der Waals surface area (Å²) in [6.45, 7) is 3.89. The van der Waals surface area contributed by atoms with Crippen LogP contribution in [0.15, 0.2) is 71.6 Å². The Balaban J connectivity index is 2.25. The first-order valence-corrected chi connectivity index (χ1v) is 13.1. The molecule has 0 radical (unpaired) electrons. The predicted molar refractivity (Wildman–Crippen MR) is 118 cm³/mol. The maximum Gasteiger partial charge on any atom is 0.360 e. The average Bonchev–Trinajstić information content (AvgIpc) is 2.79. The van der Waals surface area contributed by atoms with E-state index in [1.165, 1.54) is 24.3 Å². The number of fused-ring (bicyclic) bond motifs is 1. The van der Waals surface area contributed by atoms with Crippen LogP contribution in [0.3, 0.4) is 0 Å². The van der Waals surface area contributed by atoms with Crippen LogP contribution in [0.4, 0.5) is 0 Å². The van der Waals surface area contributed by atoms with E-state index in [1.54, 1.807) is 42.5 Å². The standard InChI is InChI=1S/C22H26NO6PS/c1-3-16-28-30(25,29-17-4-2)22(23-31(26,27)18-10-6-5-7-11-18)15-14-21(24)19-12-8-9-13-20(19)22/h5-15,23H,3-4,16-17H2,1-2H3. The lowest BCUT2D eigenvalue weighted by atomic mass is 9.92. The number of carbonyl (C=O) groups excluding carboxylic acids is 1. The average molecular weight is 463 g/mol. The summed E-state index contributed by atoms with van der Waals surface area (Å²) in [6, 6.07) is 14.2. The summed E-state index contributed by atoms with van der Waals surface area (Å²) in [5.41, 5.74) is 0.471. The fourth-order valence-corrected chi connectivity index (χ4v) is 7.42. The normalized spacial score (nSPS) is 18.7. The number of ketones is 1. The lowest BCUT2D eigenvalue weighted by Gasteiger charge is -2.39. The van der Waals surface area contributed by atoms with E-state index in [1.807, 2.05) is 13.8 Å². The van der Waals surface area contributed by atoms with E-state index in [0.29, 0.717) is 12.8 Å². The molecule has 0 aromatic heterocycles. The molecule has 2 aromatic rings. The number of carbonyl (C=O) groups is 1. The minimum absolute atomic E-state index is 0.00492. The fraction of sp³-hybridized carbons (Fsp3) is 0.318. The fourth-order valence-electron chi connectivity index (χ4n) is 3.32. The molecule has 0 aliphatic heterocycles. The van der Waals surface area contributed by atoms with E-state index in [9.17, 15) is 17.8 Å². The molecule has 166 valence electrons. The lowest BCUT2D eigenvalue weighted by Crippen LogP contribution is -2.47. The summed E-state index contributed by atoms with van der Waals surface area (Å²) in [5, 5.41) is -1.89. The van der Waals surface area contributed by atoms with E-state index < -0.39 is 22.9 Å². The van der Waals surface area contributed by atoms with Gasteiger partial charge in [-0.15, -0.1) is 0 Å². The van der Waals surface area contributed by atoms with Crippen molar-refractivity contribution >= 4 is 23.4 Å². The quantitative estimate of drug-likeness (QED) is 0.517. The van der Waals surface area contributed by atoms with Gasteiger partial charge in [-0.05, 0) is 37.1 Å². The zero-order valence-electron chi connectivity index (χ0n) is 17.5. The summed E-state index contributed by atoms with van der Waals surface area (Å²) in [7, 11) is -8.32.